The number of hydrogen-bond donors (Lipinski definition) is 2. The number of halogens is 2. The van der Waals surface area contributed by atoms with Gasteiger partial charge < -0.3 is 11.1 Å². The standard InChI is InChI=1S/C20H23Cl2N.CH5N/c1-13(2)12-23-20-10-8-15(16-5-3-4-6-17(16)20)14-7-9-18(21)19(22)11-14;1-2/h3-7,9,11,13,15,20,23H,8,10,12H2,1-2H3;2H2,1H3/t15-,20-;/m0./s1. The molecule has 3 N–H and O–H groups in total. The molecule has 1 aliphatic carbocycles. The van der Waals surface area contributed by atoms with E-state index in [2.05, 4.69) is 55.2 Å². The van der Waals surface area contributed by atoms with Crippen LogP contribution in [0.3, 0.4) is 0 Å². The number of fused-ring (bicyclic) bond motifs is 1. The molecule has 0 aliphatic heterocycles. The molecule has 0 bridgehead atoms. The van der Waals surface area contributed by atoms with Crippen molar-refractivity contribution in [3.05, 3.63) is 69.2 Å². The molecule has 136 valence electrons. The van der Waals surface area contributed by atoms with E-state index in [0.717, 1.165) is 19.4 Å². The summed E-state index contributed by atoms with van der Waals surface area (Å²) >= 11 is 12.3. The van der Waals surface area contributed by atoms with Crippen LogP contribution in [-0.2, 0) is 0 Å². The summed E-state index contributed by atoms with van der Waals surface area (Å²) in [7, 11) is 1.50. The maximum Gasteiger partial charge on any atom is 0.0595 e. The van der Waals surface area contributed by atoms with Gasteiger partial charge in [-0.1, -0.05) is 67.4 Å². The minimum Gasteiger partial charge on any atom is -0.333 e. The zero-order valence-electron chi connectivity index (χ0n) is 15.2. The first-order valence-corrected chi connectivity index (χ1v) is 9.66. The number of hydrogen-bond acceptors (Lipinski definition) is 2. The van der Waals surface area contributed by atoms with E-state index in [1.165, 1.54) is 23.7 Å². The lowest BCUT2D eigenvalue weighted by atomic mass is 9.76. The molecule has 0 amide bonds. The summed E-state index contributed by atoms with van der Waals surface area (Å²) in [5, 5.41) is 4.98. The molecular formula is C21H28Cl2N2. The zero-order chi connectivity index (χ0) is 18.4. The molecule has 0 aromatic heterocycles. The van der Waals surface area contributed by atoms with Gasteiger partial charge in [-0.05, 0) is 61.2 Å². The fourth-order valence-electron chi connectivity index (χ4n) is 3.46. The molecule has 0 saturated heterocycles. The Morgan fingerprint density at radius 1 is 1.00 bits per heavy atom. The first kappa shape index (κ1) is 20.3. The molecule has 3 rings (SSSR count). The van der Waals surface area contributed by atoms with Crippen LogP contribution in [0.5, 0.6) is 0 Å². The van der Waals surface area contributed by atoms with Crippen LogP contribution < -0.4 is 11.1 Å². The third-order valence-electron chi connectivity index (χ3n) is 4.61. The maximum absolute atomic E-state index is 6.23. The van der Waals surface area contributed by atoms with Crippen LogP contribution in [-0.4, -0.2) is 13.6 Å². The van der Waals surface area contributed by atoms with Crippen molar-refractivity contribution in [1.82, 2.24) is 5.32 Å². The fraction of sp³-hybridized carbons (Fsp3) is 0.429. The molecule has 0 unspecified atom stereocenters. The molecule has 2 aromatic rings. The molecule has 4 heteroatoms. The van der Waals surface area contributed by atoms with E-state index in [0.29, 0.717) is 27.9 Å². The van der Waals surface area contributed by atoms with Gasteiger partial charge in [-0.2, -0.15) is 0 Å². The van der Waals surface area contributed by atoms with Crippen molar-refractivity contribution in [3.63, 3.8) is 0 Å². The van der Waals surface area contributed by atoms with Gasteiger partial charge in [-0.15, -0.1) is 0 Å². The Balaban J connectivity index is 0.00000109. The summed E-state index contributed by atoms with van der Waals surface area (Å²) < 4.78 is 0. The summed E-state index contributed by atoms with van der Waals surface area (Å²) in [6.07, 6.45) is 2.28. The molecule has 0 spiro atoms. The SMILES string of the molecule is CC(C)CN[C@H]1CC[C@@H](c2ccc(Cl)c(Cl)c2)c2ccccc21.CN. The Labute approximate surface area is 161 Å². The van der Waals surface area contributed by atoms with Gasteiger partial charge in [-0.3, -0.25) is 0 Å². The van der Waals surface area contributed by atoms with Crippen LogP contribution in [0.4, 0.5) is 0 Å². The summed E-state index contributed by atoms with van der Waals surface area (Å²) in [5.41, 5.74) is 8.60. The Morgan fingerprint density at radius 3 is 2.32 bits per heavy atom. The minimum absolute atomic E-state index is 0.401. The molecule has 2 atom stereocenters. The second-order valence-electron chi connectivity index (χ2n) is 6.79. The highest BCUT2D eigenvalue weighted by molar-refractivity contribution is 6.42. The number of benzene rings is 2. The Hall–Kier alpha value is -1.06. The third kappa shape index (κ3) is 4.98. The third-order valence-corrected chi connectivity index (χ3v) is 5.35. The van der Waals surface area contributed by atoms with Crippen LogP contribution in [0.1, 0.15) is 55.3 Å². The molecule has 0 radical (unpaired) electrons. The first-order valence-electron chi connectivity index (χ1n) is 8.91. The van der Waals surface area contributed by atoms with E-state index in [-0.39, 0.29) is 0 Å². The smallest absolute Gasteiger partial charge is 0.0595 e. The predicted octanol–water partition coefficient (Wildman–Crippen LogP) is 5.78. The van der Waals surface area contributed by atoms with Crippen LogP contribution in [0, 0.1) is 5.92 Å². The Morgan fingerprint density at radius 2 is 1.68 bits per heavy atom. The van der Waals surface area contributed by atoms with Crippen molar-refractivity contribution < 1.29 is 0 Å². The van der Waals surface area contributed by atoms with Gasteiger partial charge in [0.25, 0.3) is 0 Å². The maximum atomic E-state index is 6.23. The fourth-order valence-corrected chi connectivity index (χ4v) is 3.76. The molecular weight excluding hydrogens is 351 g/mol. The molecule has 1 aliphatic rings. The topological polar surface area (TPSA) is 38.0 Å². The summed E-state index contributed by atoms with van der Waals surface area (Å²) in [6.45, 7) is 5.55. The molecule has 2 nitrogen and oxygen atoms in total. The van der Waals surface area contributed by atoms with Gasteiger partial charge >= 0.3 is 0 Å². The van der Waals surface area contributed by atoms with Crippen LogP contribution in [0.2, 0.25) is 10.0 Å². The average molecular weight is 379 g/mol. The normalized spacial score (nSPS) is 19.2. The van der Waals surface area contributed by atoms with E-state index < -0.39 is 0 Å². The number of nitrogens with two attached hydrogens (primary N) is 1. The van der Waals surface area contributed by atoms with E-state index in [4.69, 9.17) is 23.2 Å². The Bertz CT molecular complexity index is 685. The predicted molar refractivity (Wildman–Crippen MR) is 110 cm³/mol. The summed E-state index contributed by atoms with van der Waals surface area (Å²) in [6, 6.07) is 15.3. The van der Waals surface area contributed by atoms with Crippen molar-refractivity contribution in [2.24, 2.45) is 11.7 Å². The van der Waals surface area contributed by atoms with E-state index in [1.54, 1.807) is 0 Å². The molecule has 0 fully saturated rings. The molecule has 0 saturated carbocycles. The van der Waals surface area contributed by atoms with Crippen LogP contribution >= 0.6 is 23.2 Å². The van der Waals surface area contributed by atoms with Crippen molar-refractivity contribution in [2.45, 2.75) is 38.6 Å². The quantitative estimate of drug-likeness (QED) is 0.707. The molecule has 0 heterocycles. The van der Waals surface area contributed by atoms with Crippen LogP contribution in [0.25, 0.3) is 0 Å². The Kier molecular flexibility index (Phi) is 7.77. The van der Waals surface area contributed by atoms with Gasteiger partial charge in [0.05, 0.1) is 10.0 Å². The second-order valence-corrected chi connectivity index (χ2v) is 7.60. The van der Waals surface area contributed by atoms with Gasteiger partial charge in [0.15, 0.2) is 0 Å². The monoisotopic (exact) mass is 378 g/mol. The van der Waals surface area contributed by atoms with Gasteiger partial charge in [0.2, 0.25) is 0 Å². The minimum atomic E-state index is 0.401. The number of rotatable bonds is 4. The van der Waals surface area contributed by atoms with Crippen molar-refractivity contribution in [3.8, 4) is 0 Å². The highest BCUT2D eigenvalue weighted by Crippen LogP contribution is 2.42. The van der Waals surface area contributed by atoms with Crippen molar-refractivity contribution >= 4 is 23.2 Å². The summed E-state index contributed by atoms with van der Waals surface area (Å²) in [5.74, 6) is 1.06. The van der Waals surface area contributed by atoms with E-state index in [9.17, 15) is 0 Å². The van der Waals surface area contributed by atoms with Gasteiger partial charge in [-0.25, -0.2) is 0 Å². The lowest BCUT2D eigenvalue weighted by molar-refractivity contribution is 0.413. The largest absolute Gasteiger partial charge is 0.333 e. The van der Waals surface area contributed by atoms with Crippen molar-refractivity contribution in [1.29, 1.82) is 0 Å². The highest BCUT2D eigenvalue weighted by Gasteiger charge is 2.28. The van der Waals surface area contributed by atoms with Crippen molar-refractivity contribution in [2.75, 3.05) is 13.6 Å². The van der Waals surface area contributed by atoms with E-state index >= 15 is 0 Å². The highest BCUT2D eigenvalue weighted by atomic mass is 35.5. The van der Waals surface area contributed by atoms with Gasteiger partial charge in [0, 0.05) is 12.0 Å². The zero-order valence-corrected chi connectivity index (χ0v) is 16.7. The van der Waals surface area contributed by atoms with Gasteiger partial charge in [0.1, 0.15) is 0 Å². The second kappa shape index (κ2) is 9.59. The van der Waals surface area contributed by atoms with Crippen LogP contribution in [0.15, 0.2) is 42.5 Å². The average Bonchev–Trinajstić information content (AvgIpc) is 2.63. The number of nitrogens with one attached hydrogen (secondary N) is 1. The lowest BCUT2D eigenvalue weighted by Gasteiger charge is -2.33. The van der Waals surface area contributed by atoms with E-state index in [1.807, 2.05) is 12.1 Å². The summed E-state index contributed by atoms with van der Waals surface area (Å²) in [4.78, 5) is 0. The molecule has 2 aromatic carbocycles. The lowest BCUT2D eigenvalue weighted by Crippen LogP contribution is -2.29. The molecule has 25 heavy (non-hydrogen) atoms. The first-order chi connectivity index (χ1) is 12.1.